The minimum absolute atomic E-state index is 0.287. The molecule has 0 radical (unpaired) electrons. The Kier molecular flexibility index (Phi) is 5.08. The molecule has 0 saturated carbocycles. The fraction of sp³-hybridized carbons (Fsp3) is 0.250. The van der Waals surface area contributed by atoms with Gasteiger partial charge in [-0.15, -0.1) is 0 Å². The summed E-state index contributed by atoms with van der Waals surface area (Å²) >= 11 is 9.60. The lowest BCUT2D eigenvalue weighted by Crippen LogP contribution is -2.14. The van der Waals surface area contributed by atoms with Gasteiger partial charge in [-0.3, -0.25) is 0 Å². The number of ether oxygens (including phenoxy) is 1. The van der Waals surface area contributed by atoms with Crippen molar-refractivity contribution < 1.29 is 4.74 Å². The molecule has 0 aromatic heterocycles. The smallest absolute Gasteiger partial charge is 0.124 e. The predicted molar refractivity (Wildman–Crippen MR) is 87.5 cm³/mol. The van der Waals surface area contributed by atoms with E-state index in [0.29, 0.717) is 11.6 Å². The van der Waals surface area contributed by atoms with Crippen molar-refractivity contribution in [3.8, 4) is 5.75 Å². The summed E-state index contributed by atoms with van der Waals surface area (Å²) in [5.74, 6) is 0.817. The third-order valence-electron chi connectivity index (χ3n) is 3.09. The van der Waals surface area contributed by atoms with Gasteiger partial charge in [-0.2, -0.15) is 0 Å². The van der Waals surface area contributed by atoms with Crippen LogP contribution in [0.25, 0.3) is 0 Å². The maximum atomic E-state index is 6.42. The molecule has 4 heteroatoms. The molecule has 0 aliphatic heterocycles. The van der Waals surface area contributed by atoms with Crippen molar-refractivity contribution in [3.63, 3.8) is 0 Å². The highest BCUT2D eigenvalue weighted by Crippen LogP contribution is 2.34. The molecule has 0 heterocycles. The zero-order valence-corrected chi connectivity index (χ0v) is 13.8. The van der Waals surface area contributed by atoms with Gasteiger partial charge in [-0.25, -0.2) is 0 Å². The van der Waals surface area contributed by atoms with E-state index in [9.17, 15) is 0 Å². The number of hydrogen-bond acceptors (Lipinski definition) is 2. The van der Waals surface area contributed by atoms with E-state index in [0.717, 1.165) is 26.9 Å². The second kappa shape index (κ2) is 6.61. The molecule has 1 atom stereocenters. The third kappa shape index (κ3) is 3.35. The van der Waals surface area contributed by atoms with Gasteiger partial charge in [0.1, 0.15) is 5.75 Å². The highest BCUT2D eigenvalue weighted by molar-refractivity contribution is 9.10. The molecule has 0 aliphatic rings. The molecule has 0 aliphatic carbocycles. The van der Waals surface area contributed by atoms with E-state index in [-0.39, 0.29) is 6.04 Å². The molecule has 2 N–H and O–H groups in total. The molecule has 0 bridgehead atoms. The van der Waals surface area contributed by atoms with Crippen LogP contribution in [0, 0.1) is 6.92 Å². The zero-order valence-electron chi connectivity index (χ0n) is 11.5. The van der Waals surface area contributed by atoms with Crippen LogP contribution in [-0.2, 0) is 0 Å². The van der Waals surface area contributed by atoms with E-state index >= 15 is 0 Å². The highest BCUT2D eigenvalue weighted by atomic mass is 79.9. The van der Waals surface area contributed by atoms with Crippen LogP contribution < -0.4 is 10.5 Å². The van der Waals surface area contributed by atoms with Crippen molar-refractivity contribution in [2.75, 3.05) is 6.61 Å². The molecule has 1 unspecified atom stereocenters. The predicted octanol–water partition coefficient (Wildman–Crippen LogP) is 4.86. The summed E-state index contributed by atoms with van der Waals surface area (Å²) in [5, 5.41) is 0.671. The Morgan fingerprint density at radius 3 is 2.65 bits per heavy atom. The Morgan fingerprint density at radius 2 is 1.95 bits per heavy atom. The number of hydrogen-bond donors (Lipinski definition) is 1. The first-order chi connectivity index (χ1) is 9.52. The number of benzene rings is 2. The summed E-state index contributed by atoms with van der Waals surface area (Å²) in [4.78, 5) is 0. The van der Waals surface area contributed by atoms with Crippen LogP contribution in [0.3, 0.4) is 0 Å². The topological polar surface area (TPSA) is 35.2 Å². The van der Waals surface area contributed by atoms with Crippen LogP contribution in [0.5, 0.6) is 5.75 Å². The fourth-order valence-corrected chi connectivity index (χ4v) is 2.79. The minimum atomic E-state index is -0.287. The van der Waals surface area contributed by atoms with Gasteiger partial charge in [0.05, 0.1) is 12.6 Å². The normalized spacial score (nSPS) is 12.2. The number of halogens is 2. The molecule has 0 fully saturated rings. The number of rotatable bonds is 4. The van der Waals surface area contributed by atoms with Crippen molar-refractivity contribution in [2.24, 2.45) is 5.73 Å². The highest BCUT2D eigenvalue weighted by Gasteiger charge is 2.17. The standard InChI is InChI=1S/C16H17BrClNO/c1-3-20-15-7-4-10(2)8-13(15)16(19)12-9-11(18)5-6-14(12)17/h4-9,16H,3,19H2,1-2H3. The summed E-state index contributed by atoms with van der Waals surface area (Å²) in [5.41, 5.74) is 9.48. The molecule has 2 aromatic rings. The van der Waals surface area contributed by atoms with Crippen molar-refractivity contribution in [3.05, 3.63) is 62.6 Å². The van der Waals surface area contributed by atoms with E-state index in [1.165, 1.54) is 0 Å². The van der Waals surface area contributed by atoms with Gasteiger partial charge in [0.2, 0.25) is 0 Å². The lowest BCUT2D eigenvalue weighted by atomic mass is 9.97. The first-order valence-corrected chi connectivity index (χ1v) is 7.64. The van der Waals surface area contributed by atoms with Gasteiger partial charge in [0, 0.05) is 15.1 Å². The Labute approximate surface area is 133 Å². The molecular formula is C16H17BrClNO. The van der Waals surface area contributed by atoms with Crippen molar-refractivity contribution in [2.45, 2.75) is 19.9 Å². The quantitative estimate of drug-likeness (QED) is 0.851. The Balaban J connectivity index is 2.49. The first kappa shape index (κ1) is 15.4. The first-order valence-electron chi connectivity index (χ1n) is 6.46. The third-order valence-corrected chi connectivity index (χ3v) is 4.05. The summed E-state index contributed by atoms with van der Waals surface area (Å²) in [7, 11) is 0. The average Bonchev–Trinajstić information content (AvgIpc) is 2.43. The molecular weight excluding hydrogens is 338 g/mol. The van der Waals surface area contributed by atoms with Crippen LogP contribution in [-0.4, -0.2) is 6.61 Å². The molecule has 2 nitrogen and oxygen atoms in total. The Morgan fingerprint density at radius 1 is 1.20 bits per heavy atom. The van der Waals surface area contributed by atoms with Gasteiger partial charge in [-0.1, -0.05) is 45.2 Å². The van der Waals surface area contributed by atoms with E-state index in [1.807, 2.05) is 44.2 Å². The molecule has 2 aromatic carbocycles. The maximum Gasteiger partial charge on any atom is 0.124 e. The van der Waals surface area contributed by atoms with E-state index < -0.39 is 0 Å². The Bertz CT molecular complexity index is 615. The molecule has 106 valence electrons. The van der Waals surface area contributed by atoms with E-state index in [4.69, 9.17) is 22.1 Å². The van der Waals surface area contributed by atoms with Crippen molar-refractivity contribution >= 4 is 27.5 Å². The van der Waals surface area contributed by atoms with E-state index in [1.54, 1.807) is 0 Å². The number of nitrogens with two attached hydrogens (primary N) is 1. The van der Waals surface area contributed by atoms with Crippen LogP contribution in [0.1, 0.15) is 29.7 Å². The Hall–Kier alpha value is -1.03. The molecule has 2 rings (SSSR count). The monoisotopic (exact) mass is 353 g/mol. The lowest BCUT2D eigenvalue weighted by Gasteiger charge is -2.19. The zero-order chi connectivity index (χ0) is 14.7. The van der Waals surface area contributed by atoms with E-state index in [2.05, 4.69) is 22.0 Å². The number of aryl methyl sites for hydroxylation is 1. The molecule has 20 heavy (non-hydrogen) atoms. The fourth-order valence-electron chi connectivity index (χ4n) is 2.12. The average molecular weight is 355 g/mol. The van der Waals surface area contributed by atoms with Crippen molar-refractivity contribution in [1.82, 2.24) is 0 Å². The van der Waals surface area contributed by atoms with Gasteiger partial charge < -0.3 is 10.5 Å². The van der Waals surface area contributed by atoms with Gasteiger partial charge in [-0.05, 0) is 43.7 Å². The maximum absolute atomic E-state index is 6.42. The van der Waals surface area contributed by atoms with Crippen LogP contribution in [0.15, 0.2) is 40.9 Å². The molecule has 0 spiro atoms. The van der Waals surface area contributed by atoms with Gasteiger partial charge in [0.25, 0.3) is 0 Å². The summed E-state index contributed by atoms with van der Waals surface area (Å²) < 4.78 is 6.62. The molecule has 0 saturated heterocycles. The summed E-state index contributed by atoms with van der Waals surface area (Å²) in [6, 6.07) is 11.4. The van der Waals surface area contributed by atoms with Crippen molar-refractivity contribution in [1.29, 1.82) is 0 Å². The largest absolute Gasteiger partial charge is 0.494 e. The minimum Gasteiger partial charge on any atom is -0.494 e. The summed E-state index contributed by atoms with van der Waals surface area (Å²) in [6.45, 7) is 4.61. The van der Waals surface area contributed by atoms with Crippen LogP contribution >= 0.6 is 27.5 Å². The van der Waals surface area contributed by atoms with Gasteiger partial charge >= 0.3 is 0 Å². The second-order valence-electron chi connectivity index (χ2n) is 4.62. The van der Waals surface area contributed by atoms with Crippen LogP contribution in [0.4, 0.5) is 0 Å². The SMILES string of the molecule is CCOc1ccc(C)cc1C(N)c1cc(Cl)ccc1Br. The van der Waals surface area contributed by atoms with Crippen LogP contribution in [0.2, 0.25) is 5.02 Å². The van der Waals surface area contributed by atoms with Gasteiger partial charge in [0.15, 0.2) is 0 Å². The lowest BCUT2D eigenvalue weighted by molar-refractivity contribution is 0.335. The summed E-state index contributed by atoms with van der Waals surface area (Å²) in [6.07, 6.45) is 0. The molecule has 0 amide bonds. The second-order valence-corrected chi connectivity index (χ2v) is 5.91.